The van der Waals surface area contributed by atoms with E-state index < -0.39 is 0 Å². The molecule has 0 aromatic carbocycles. The molecule has 0 aliphatic heterocycles. The Balaban J connectivity index is -0.0000000674. The lowest BCUT2D eigenvalue weighted by Gasteiger charge is -2.26. The monoisotopic (exact) mass is 447 g/mol. The third-order valence-corrected chi connectivity index (χ3v) is 4.91. The van der Waals surface area contributed by atoms with Crippen molar-refractivity contribution in [1.82, 2.24) is 0 Å². The highest BCUT2D eigenvalue weighted by Gasteiger charge is 2.17. The van der Waals surface area contributed by atoms with Gasteiger partial charge >= 0.3 is 0 Å². The van der Waals surface area contributed by atoms with Crippen molar-refractivity contribution in [1.29, 1.82) is 0 Å². The van der Waals surface area contributed by atoms with E-state index in [1.165, 1.54) is 32.1 Å². The molecule has 3 unspecified atom stereocenters. The minimum absolute atomic E-state index is 0.831. The quantitative estimate of drug-likeness (QED) is 0.380. The van der Waals surface area contributed by atoms with E-state index >= 15 is 0 Å². The molecular weight excluding hydrogens is 372 g/mol. The first kappa shape index (κ1) is 44.6. The largest absolute Gasteiger partial charge is 0.0656 e. The van der Waals surface area contributed by atoms with Gasteiger partial charge in [0.25, 0.3) is 0 Å². The topological polar surface area (TPSA) is 0 Å². The fraction of sp³-hybridized carbons (Fsp3) is 1.00. The highest BCUT2D eigenvalue weighted by molar-refractivity contribution is 4.67. The van der Waals surface area contributed by atoms with E-state index in [1.807, 2.05) is 0 Å². The van der Waals surface area contributed by atoms with Crippen LogP contribution in [0.15, 0.2) is 0 Å². The maximum atomic E-state index is 2.36. The van der Waals surface area contributed by atoms with Gasteiger partial charge in [-0.05, 0) is 47.8 Å². The van der Waals surface area contributed by atoms with Crippen molar-refractivity contribution in [3.63, 3.8) is 0 Å². The van der Waals surface area contributed by atoms with Crippen molar-refractivity contribution in [2.45, 2.75) is 164 Å². The number of hydrogen-bond donors (Lipinski definition) is 0. The van der Waals surface area contributed by atoms with Gasteiger partial charge in [0.05, 0.1) is 0 Å². The summed E-state index contributed by atoms with van der Waals surface area (Å²) in [6.07, 6.45) is 6.37. The zero-order valence-electron chi connectivity index (χ0n) is 26.6. The van der Waals surface area contributed by atoms with Crippen LogP contribution >= 0.6 is 0 Å². The molecule has 0 heteroatoms. The van der Waals surface area contributed by atoms with E-state index in [1.54, 1.807) is 0 Å². The van der Waals surface area contributed by atoms with E-state index in [0.29, 0.717) is 0 Å². The molecular formula is C31H74. The lowest BCUT2D eigenvalue weighted by atomic mass is 9.80. The van der Waals surface area contributed by atoms with Crippen LogP contribution in [0.2, 0.25) is 0 Å². The molecule has 0 saturated carbocycles. The van der Waals surface area contributed by atoms with Crippen molar-refractivity contribution < 1.29 is 0 Å². The van der Waals surface area contributed by atoms with E-state index in [0.717, 1.165) is 41.4 Å². The lowest BCUT2D eigenvalue weighted by Crippen LogP contribution is -2.18. The Bertz CT molecular complexity index is 216. The van der Waals surface area contributed by atoms with E-state index in [4.69, 9.17) is 0 Å². The van der Waals surface area contributed by atoms with E-state index in [9.17, 15) is 0 Å². The number of hydrogen-bond acceptors (Lipinski definition) is 0. The van der Waals surface area contributed by atoms with Crippen LogP contribution in [0.3, 0.4) is 0 Å². The van der Waals surface area contributed by atoms with Crippen LogP contribution in [-0.4, -0.2) is 0 Å². The van der Waals surface area contributed by atoms with Crippen molar-refractivity contribution >= 4 is 0 Å². The molecule has 0 rings (SSSR count). The van der Waals surface area contributed by atoms with Gasteiger partial charge in [0, 0.05) is 0 Å². The molecule has 0 spiro atoms. The van der Waals surface area contributed by atoms with Gasteiger partial charge in [-0.15, -0.1) is 0 Å². The molecule has 0 aliphatic rings. The summed E-state index contributed by atoms with van der Waals surface area (Å²) >= 11 is 0. The summed E-state index contributed by atoms with van der Waals surface area (Å²) in [6.45, 7) is 42.5. The van der Waals surface area contributed by atoms with Gasteiger partial charge in [-0.3, -0.25) is 0 Å². The molecule has 0 radical (unpaired) electrons. The average molecular weight is 447 g/mol. The molecule has 0 N–H and O–H groups in total. The molecule has 198 valence electrons. The standard InChI is InChI=1S/C10H22.C9H20.4C3H8/c1-7(2)9(5)10(6)8(3)4;1-7(2)6-9(5)8(3)4;4*1-3-2/h7-10H,1-6H3;7-9H,6H2,1-5H3;4*3H2,1-2H3. The van der Waals surface area contributed by atoms with Crippen LogP contribution in [0.5, 0.6) is 0 Å². The molecule has 0 heterocycles. The summed E-state index contributed by atoms with van der Waals surface area (Å²) in [4.78, 5) is 0. The molecule has 3 atom stereocenters. The van der Waals surface area contributed by atoms with Gasteiger partial charge in [0.15, 0.2) is 0 Å². The summed E-state index contributed by atoms with van der Waals surface area (Å²) in [7, 11) is 0. The normalized spacial score (nSPS) is 12.5. The third-order valence-electron chi connectivity index (χ3n) is 4.91. The van der Waals surface area contributed by atoms with Crippen LogP contribution in [0, 0.1) is 41.4 Å². The van der Waals surface area contributed by atoms with Crippen molar-refractivity contribution in [2.75, 3.05) is 0 Å². The first-order chi connectivity index (χ1) is 14.2. The average Bonchev–Trinajstić information content (AvgIpc) is 2.62. The summed E-state index contributed by atoms with van der Waals surface area (Å²) < 4.78 is 0. The minimum atomic E-state index is 0.831. The van der Waals surface area contributed by atoms with Gasteiger partial charge in [-0.2, -0.15) is 0 Å². The Labute approximate surface area is 205 Å². The fourth-order valence-corrected chi connectivity index (χ4v) is 2.23. The second-order valence-electron chi connectivity index (χ2n) is 10.9. The molecule has 0 amide bonds. The molecule has 0 bridgehead atoms. The smallest absolute Gasteiger partial charge is 0.0391 e. The molecule has 0 aromatic heterocycles. The summed E-state index contributed by atoms with van der Waals surface area (Å²) in [6, 6.07) is 0. The zero-order chi connectivity index (χ0) is 26.6. The Morgan fingerprint density at radius 3 is 0.613 bits per heavy atom. The van der Waals surface area contributed by atoms with Crippen molar-refractivity contribution in [3.8, 4) is 0 Å². The summed E-state index contributed by atoms with van der Waals surface area (Å²) in [5.41, 5.74) is 0. The SMILES string of the molecule is CC(C)C(C)C(C)C(C)C.CC(C)CC(C)C(C)C.CCC.CCC.CCC.CCC. The van der Waals surface area contributed by atoms with Crippen LogP contribution in [-0.2, 0) is 0 Å². The van der Waals surface area contributed by atoms with Crippen molar-refractivity contribution in [2.24, 2.45) is 41.4 Å². The van der Waals surface area contributed by atoms with Gasteiger partial charge in [-0.1, -0.05) is 157 Å². The van der Waals surface area contributed by atoms with Crippen LogP contribution in [0.4, 0.5) is 0 Å². The van der Waals surface area contributed by atoms with Crippen LogP contribution in [0.25, 0.3) is 0 Å². The van der Waals surface area contributed by atoms with Gasteiger partial charge < -0.3 is 0 Å². The Hall–Kier alpha value is 0. The predicted octanol–water partition coefficient (Wildman–Crippen LogP) is 12.6. The maximum Gasteiger partial charge on any atom is -0.0391 e. The van der Waals surface area contributed by atoms with Crippen LogP contribution in [0.1, 0.15) is 164 Å². The minimum Gasteiger partial charge on any atom is -0.0656 e. The fourth-order valence-electron chi connectivity index (χ4n) is 2.23. The Kier molecular flexibility index (Phi) is 53.7. The first-order valence-electron chi connectivity index (χ1n) is 14.2. The molecule has 31 heavy (non-hydrogen) atoms. The summed E-state index contributed by atoms with van der Waals surface area (Å²) in [5, 5.41) is 0. The summed E-state index contributed by atoms with van der Waals surface area (Å²) in [5.74, 6) is 5.99. The molecule has 0 fully saturated rings. The third kappa shape index (κ3) is 58.8. The zero-order valence-corrected chi connectivity index (χ0v) is 26.6. The van der Waals surface area contributed by atoms with Crippen LogP contribution < -0.4 is 0 Å². The van der Waals surface area contributed by atoms with Gasteiger partial charge in [-0.25, -0.2) is 0 Å². The van der Waals surface area contributed by atoms with Gasteiger partial charge in [0.1, 0.15) is 0 Å². The number of rotatable bonds is 6. The van der Waals surface area contributed by atoms with Crippen molar-refractivity contribution in [3.05, 3.63) is 0 Å². The molecule has 0 aliphatic carbocycles. The highest BCUT2D eigenvalue weighted by Crippen LogP contribution is 2.25. The lowest BCUT2D eigenvalue weighted by molar-refractivity contribution is 0.235. The predicted molar refractivity (Wildman–Crippen MR) is 155 cm³/mol. The Morgan fingerprint density at radius 1 is 0.355 bits per heavy atom. The van der Waals surface area contributed by atoms with E-state index in [-0.39, 0.29) is 0 Å². The highest BCUT2D eigenvalue weighted by atomic mass is 14.2. The Morgan fingerprint density at radius 2 is 0.548 bits per heavy atom. The molecule has 0 aromatic rings. The van der Waals surface area contributed by atoms with E-state index in [2.05, 4.69) is 132 Å². The second-order valence-corrected chi connectivity index (χ2v) is 10.9. The second kappa shape index (κ2) is 37.3. The maximum absolute atomic E-state index is 2.36. The van der Waals surface area contributed by atoms with Gasteiger partial charge in [0.2, 0.25) is 0 Å². The molecule has 0 saturated heterocycles. The first-order valence-corrected chi connectivity index (χ1v) is 14.2. The molecule has 0 nitrogen and oxygen atoms in total.